The molecule has 1 fully saturated rings. The number of ether oxygens (including phenoxy) is 1. The first-order valence-corrected chi connectivity index (χ1v) is 7.83. The lowest BCUT2D eigenvalue weighted by atomic mass is 10.0. The van der Waals surface area contributed by atoms with Crippen LogP contribution in [-0.4, -0.2) is 50.3 Å². The molecule has 1 saturated heterocycles. The number of rotatable bonds is 9. The Labute approximate surface area is 113 Å². The Bertz CT molecular complexity index is 197. The fourth-order valence-electron chi connectivity index (χ4n) is 2.80. The van der Waals surface area contributed by atoms with Gasteiger partial charge in [-0.2, -0.15) is 0 Å². The second-order valence-electron chi connectivity index (χ2n) is 5.45. The number of hydrogen-bond acceptors (Lipinski definition) is 3. The Morgan fingerprint density at radius 3 is 2.72 bits per heavy atom. The van der Waals surface area contributed by atoms with Gasteiger partial charge in [0.05, 0.1) is 12.7 Å². The monoisotopic (exact) mass is 256 g/mol. The molecule has 3 heteroatoms. The number of morpholine rings is 1. The van der Waals surface area contributed by atoms with Crippen molar-refractivity contribution >= 4 is 0 Å². The molecule has 0 radical (unpaired) electrons. The van der Waals surface area contributed by atoms with E-state index in [-0.39, 0.29) is 0 Å². The third kappa shape index (κ3) is 5.68. The first-order valence-electron chi connectivity index (χ1n) is 7.83. The highest BCUT2D eigenvalue weighted by Gasteiger charge is 2.26. The van der Waals surface area contributed by atoms with Crippen LogP contribution in [0.3, 0.4) is 0 Å². The van der Waals surface area contributed by atoms with E-state index in [9.17, 15) is 0 Å². The van der Waals surface area contributed by atoms with E-state index < -0.39 is 0 Å². The minimum Gasteiger partial charge on any atom is -0.374 e. The van der Waals surface area contributed by atoms with Gasteiger partial charge in [-0.05, 0) is 26.4 Å². The van der Waals surface area contributed by atoms with Crippen molar-refractivity contribution in [1.29, 1.82) is 0 Å². The third-order valence-corrected chi connectivity index (χ3v) is 3.91. The van der Waals surface area contributed by atoms with E-state index in [2.05, 4.69) is 31.1 Å². The quantitative estimate of drug-likeness (QED) is 0.642. The lowest BCUT2D eigenvalue weighted by Gasteiger charge is -2.37. The average molecular weight is 256 g/mol. The Morgan fingerprint density at radius 2 is 2.06 bits per heavy atom. The maximum atomic E-state index is 5.96. The highest BCUT2D eigenvalue weighted by Crippen LogP contribution is 2.15. The Kier molecular flexibility index (Phi) is 8.64. The summed E-state index contributed by atoms with van der Waals surface area (Å²) < 4.78 is 5.96. The van der Waals surface area contributed by atoms with E-state index in [1.54, 1.807) is 0 Å². The smallest absolute Gasteiger partial charge is 0.0855 e. The molecule has 0 saturated carbocycles. The van der Waals surface area contributed by atoms with E-state index in [0.29, 0.717) is 12.1 Å². The number of hydrogen-bond donors (Lipinski definition) is 1. The summed E-state index contributed by atoms with van der Waals surface area (Å²) in [6.45, 7) is 8.85. The van der Waals surface area contributed by atoms with Crippen LogP contribution >= 0.6 is 0 Å². The van der Waals surface area contributed by atoms with Crippen molar-refractivity contribution < 1.29 is 4.74 Å². The molecule has 1 aliphatic rings. The van der Waals surface area contributed by atoms with Crippen molar-refractivity contribution in [2.24, 2.45) is 0 Å². The van der Waals surface area contributed by atoms with Crippen LogP contribution in [-0.2, 0) is 4.74 Å². The second-order valence-corrected chi connectivity index (χ2v) is 5.45. The maximum absolute atomic E-state index is 5.96. The van der Waals surface area contributed by atoms with E-state index in [1.165, 1.54) is 45.1 Å². The standard InChI is InChI=1S/C15H32N2O/c1-4-6-7-8-9-14(16-3)15-13-17(10-5-2)11-12-18-15/h14-16H,4-13H2,1-3H3. The molecule has 2 atom stereocenters. The van der Waals surface area contributed by atoms with Crippen molar-refractivity contribution in [3.63, 3.8) is 0 Å². The van der Waals surface area contributed by atoms with Gasteiger partial charge in [0, 0.05) is 19.1 Å². The summed E-state index contributed by atoms with van der Waals surface area (Å²) in [7, 11) is 2.08. The maximum Gasteiger partial charge on any atom is 0.0855 e. The molecule has 0 aromatic carbocycles. The highest BCUT2D eigenvalue weighted by molar-refractivity contribution is 4.82. The van der Waals surface area contributed by atoms with Crippen LogP contribution in [0.25, 0.3) is 0 Å². The lowest BCUT2D eigenvalue weighted by molar-refractivity contribution is -0.0467. The topological polar surface area (TPSA) is 24.5 Å². The fourth-order valence-corrected chi connectivity index (χ4v) is 2.80. The van der Waals surface area contributed by atoms with Crippen LogP contribution in [0.5, 0.6) is 0 Å². The summed E-state index contributed by atoms with van der Waals surface area (Å²) in [6.07, 6.45) is 8.25. The molecular weight excluding hydrogens is 224 g/mol. The summed E-state index contributed by atoms with van der Waals surface area (Å²) >= 11 is 0. The first kappa shape index (κ1) is 15.9. The van der Waals surface area contributed by atoms with Gasteiger partial charge in [-0.3, -0.25) is 4.90 Å². The molecule has 0 amide bonds. The van der Waals surface area contributed by atoms with E-state index >= 15 is 0 Å². The number of nitrogens with zero attached hydrogens (tertiary/aromatic N) is 1. The largest absolute Gasteiger partial charge is 0.374 e. The first-order chi connectivity index (χ1) is 8.81. The molecule has 0 spiro atoms. The molecule has 0 aromatic rings. The zero-order chi connectivity index (χ0) is 13.2. The molecule has 0 bridgehead atoms. The van der Waals surface area contributed by atoms with Gasteiger partial charge in [-0.1, -0.05) is 39.5 Å². The molecule has 108 valence electrons. The summed E-state index contributed by atoms with van der Waals surface area (Å²) in [6, 6.07) is 0.529. The second kappa shape index (κ2) is 9.76. The van der Waals surface area contributed by atoms with Gasteiger partial charge in [-0.25, -0.2) is 0 Å². The molecule has 1 aliphatic heterocycles. The van der Waals surface area contributed by atoms with Crippen LogP contribution in [0.2, 0.25) is 0 Å². The molecule has 1 heterocycles. The molecule has 0 aromatic heterocycles. The Balaban J connectivity index is 2.29. The SMILES string of the molecule is CCCCCCC(NC)C1CN(CCC)CCO1. The van der Waals surface area contributed by atoms with Gasteiger partial charge in [0.1, 0.15) is 0 Å². The van der Waals surface area contributed by atoms with E-state index in [4.69, 9.17) is 4.74 Å². The lowest BCUT2D eigenvalue weighted by Crippen LogP contribution is -2.51. The third-order valence-electron chi connectivity index (χ3n) is 3.91. The van der Waals surface area contributed by atoms with Crippen molar-refractivity contribution in [2.45, 2.75) is 64.5 Å². The van der Waals surface area contributed by atoms with E-state index in [0.717, 1.165) is 19.7 Å². The predicted octanol–water partition coefficient (Wildman–Crippen LogP) is 2.66. The number of likely N-dealkylation sites (N-methyl/N-ethyl adjacent to an activating group) is 1. The van der Waals surface area contributed by atoms with Gasteiger partial charge in [0.2, 0.25) is 0 Å². The Morgan fingerprint density at radius 1 is 1.22 bits per heavy atom. The minimum absolute atomic E-state index is 0.386. The van der Waals surface area contributed by atoms with Crippen molar-refractivity contribution in [1.82, 2.24) is 10.2 Å². The van der Waals surface area contributed by atoms with Crippen LogP contribution in [0.15, 0.2) is 0 Å². The van der Waals surface area contributed by atoms with Crippen LogP contribution < -0.4 is 5.32 Å². The fraction of sp³-hybridized carbons (Fsp3) is 1.00. The molecule has 0 aliphatic carbocycles. The zero-order valence-corrected chi connectivity index (χ0v) is 12.6. The highest BCUT2D eigenvalue weighted by atomic mass is 16.5. The summed E-state index contributed by atoms with van der Waals surface area (Å²) in [4.78, 5) is 2.55. The summed E-state index contributed by atoms with van der Waals surface area (Å²) in [5, 5.41) is 3.46. The Hall–Kier alpha value is -0.120. The van der Waals surface area contributed by atoms with Crippen molar-refractivity contribution in [3.8, 4) is 0 Å². The molecule has 1 rings (SSSR count). The van der Waals surface area contributed by atoms with E-state index in [1.807, 2.05) is 0 Å². The predicted molar refractivity (Wildman–Crippen MR) is 78.1 cm³/mol. The van der Waals surface area contributed by atoms with Crippen molar-refractivity contribution in [2.75, 3.05) is 33.3 Å². The van der Waals surface area contributed by atoms with Crippen LogP contribution in [0, 0.1) is 0 Å². The summed E-state index contributed by atoms with van der Waals surface area (Å²) in [5.74, 6) is 0. The van der Waals surface area contributed by atoms with Gasteiger partial charge >= 0.3 is 0 Å². The molecule has 18 heavy (non-hydrogen) atoms. The van der Waals surface area contributed by atoms with Gasteiger partial charge < -0.3 is 10.1 Å². The molecule has 2 unspecified atom stereocenters. The minimum atomic E-state index is 0.386. The average Bonchev–Trinajstić information content (AvgIpc) is 2.40. The molecule has 1 N–H and O–H groups in total. The molecular formula is C15H32N2O. The molecule has 3 nitrogen and oxygen atoms in total. The van der Waals surface area contributed by atoms with Gasteiger partial charge in [0.25, 0.3) is 0 Å². The number of nitrogens with one attached hydrogen (secondary N) is 1. The van der Waals surface area contributed by atoms with Crippen LogP contribution in [0.4, 0.5) is 0 Å². The van der Waals surface area contributed by atoms with Gasteiger partial charge in [-0.15, -0.1) is 0 Å². The van der Waals surface area contributed by atoms with Gasteiger partial charge in [0.15, 0.2) is 0 Å². The number of unbranched alkanes of at least 4 members (excludes halogenated alkanes) is 3. The summed E-state index contributed by atoms with van der Waals surface area (Å²) in [5.41, 5.74) is 0. The zero-order valence-electron chi connectivity index (χ0n) is 12.6. The van der Waals surface area contributed by atoms with Crippen molar-refractivity contribution in [3.05, 3.63) is 0 Å². The van der Waals surface area contributed by atoms with Crippen LogP contribution in [0.1, 0.15) is 52.4 Å². The normalized spacial score (nSPS) is 23.2.